The Morgan fingerprint density at radius 1 is 1.30 bits per heavy atom. The van der Waals surface area contributed by atoms with Crippen molar-refractivity contribution < 1.29 is 9.47 Å². The largest absolute Gasteiger partial charge is 0.492 e. The van der Waals surface area contributed by atoms with Crippen molar-refractivity contribution in [2.24, 2.45) is 5.10 Å². The molecular formula is C16H18N4O2S. The van der Waals surface area contributed by atoms with Crippen LogP contribution in [0.4, 0.5) is 5.69 Å². The van der Waals surface area contributed by atoms with E-state index >= 15 is 0 Å². The zero-order valence-corrected chi connectivity index (χ0v) is 13.8. The predicted octanol–water partition coefficient (Wildman–Crippen LogP) is 2.81. The molecule has 1 aromatic heterocycles. The summed E-state index contributed by atoms with van der Waals surface area (Å²) in [6, 6.07) is 11.2. The molecule has 0 fully saturated rings. The summed E-state index contributed by atoms with van der Waals surface area (Å²) in [6.45, 7) is 2.51. The van der Waals surface area contributed by atoms with Gasteiger partial charge in [-0.25, -0.2) is 4.98 Å². The van der Waals surface area contributed by atoms with Crippen molar-refractivity contribution in [3.05, 3.63) is 48.2 Å². The third kappa shape index (κ3) is 4.93. The first-order valence-electron chi connectivity index (χ1n) is 7.05. The van der Waals surface area contributed by atoms with Gasteiger partial charge in [0.2, 0.25) is 5.88 Å². The van der Waals surface area contributed by atoms with Gasteiger partial charge in [-0.2, -0.15) is 5.10 Å². The molecule has 1 heterocycles. The second kappa shape index (κ2) is 8.70. The Bertz CT molecular complexity index is 691. The molecule has 2 rings (SSSR count). The van der Waals surface area contributed by atoms with Crippen molar-refractivity contribution in [1.82, 2.24) is 10.4 Å². The van der Waals surface area contributed by atoms with Crippen molar-refractivity contribution >= 4 is 29.2 Å². The number of hydrogen-bond donors (Lipinski definition) is 2. The summed E-state index contributed by atoms with van der Waals surface area (Å²) in [7, 11) is 1.56. The number of thiocarbonyl (C=S) groups is 1. The van der Waals surface area contributed by atoms with Crippen LogP contribution in [0.5, 0.6) is 11.6 Å². The molecule has 0 atom stereocenters. The predicted molar refractivity (Wildman–Crippen MR) is 95.4 cm³/mol. The highest BCUT2D eigenvalue weighted by Gasteiger charge is 2.04. The smallest absolute Gasteiger partial charge is 0.222 e. The van der Waals surface area contributed by atoms with Crippen LogP contribution in [-0.4, -0.2) is 30.0 Å². The normalized spacial score (nSPS) is 10.3. The number of aromatic nitrogens is 1. The highest BCUT2D eigenvalue weighted by molar-refractivity contribution is 7.80. The molecule has 7 heteroatoms. The van der Waals surface area contributed by atoms with Crippen LogP contribution in [0, 0.1) is 0 Å². The molecule has 0 amide bonds. The second-order valence-electron chi connectivity index (χ2n) is 4.36. The first-order chi connectivity index (χ1) is 11.2. The van der Waals surface area contributed by atoms with E-state index in [0.29, 0.717) is 17.6 Å². The molecule has 0 radical (unpaired) electrons. The monoisotopic (exact) mass is 330 g/mol. The summed E-state index contributed by atoms with van der Waals surface area (Å²) in [5.74, 6) is 1.23. The van der Waals surface area contributed by atoms with Crippen molar-refractivity contribution in [2.45, 2.75) is 6.92 Å². The third-order valence-corrected chi connectivity index (χ3v) is 2.99. The van der Waals surface area contributed by atoms with Crippen molar-refractivity contribution in [2.75, 3.05) is 19.0 Å². The molecule has 6 nitrogen and oxygen atoms in total. The van der Waals surface area contributed by atoms with Gasteiger partial charge in [0, 0.05) is 6.20 Å². The molecule has 0 aliphatic carbocycles. The number of methoxy groups -OCH3 is 1. The fourth-order valence-electron chi connectivity index (χ4n) is 1.83. The van der Waals surface area contributed by atoms with Crippen LogP contribution in [0.15, 0.2) is 47.7 Å². The number of para-hydroxylation sites is 2. The number of hydrogen-bond acceptors (Lipinski definition) is 5. The molecule has 0 saturated heterocycles. The molecule has 0 bridgehead atoms. The lowest BCUT2D eigenvalue weighted by Gasteiger charge is -2.12. The van der Waals surface area contributed by atoms with Gasteiger partial charge < -0.3 is 14.8 Å². The maximum absolute atomic E-state index is 5.53. The number of hydrazone groups is 1. The van der Waals surface area contributed by atoms with Crippen LogP contribution >= 0.6 is 12.2 Å². The maximum Gasteiger partial charge on any atom is 0.222 e. The summed E-state index contributed by atoms with van der Waals surface area (Å²) < 4.78 is 10.7. The highest BCUT2D eigenvalue weighted by Crippen LogP contribution is 2.23. The number of pyridine rings is 1. The Labute approximate surface area is 140 Å². The Balaban J connectivity index is 1.96. The van der Waals surface area contributed by atoms with Crippen LogP contribution in [0.1, 0.15) is 12.5 Å². The van der Waals surface area contributed by atoms with Gasteiger partial charge >= 0.3 is 0 Å². The summed E-state index contributed by atoms with van der Waals surface area (Å²) in [4.78, 5) is 4.09. The lowest BCUT2D eigenvalue weighted by molar-refractivity contribution is 0.342. The van der Waals surface area contributed by atoms with E-state index < -0.39 is 0 Å². The van der Waals surface area contributed by atoms with Crippen molar-refractivity contribution in [3.63, 3.8) is 0 Å². The quantitative estimate of drug-likeness (QED) is 0.482. The van der Waals surface area contributed by atoms with Gasteiger partial charge in [-0.3, -0.25) is 5.43 Å². The highest BCUT2D eigenvalue weighted by atomic mass is 32.1. The van der Waals surface area contributed by atoms with E-state index in [9.17, 15) is 0 Å². The number of anilines is 1. The summed E-state index contributed by atoms with van der Waals surface area (Å²) in [5, 5.41) is 7.48. The van der Waals surface area contributed by atoms with Gasteiger partial charge in [0.25, 0.3) is 0 Å². The molecule has 0 unspecified atom stereocenters. The molecule has 2 aromatic rings. The second-order valence-corrected chi connectivity index (χ2v) is 4.76. The Hall–Kier alpha value is -2.67. The van der Waals surface area contributed by atoms with Gasteiger partial charge in [-0.15, -0.1) is 0 Å². The number of rotatable bonds is 6. The van der Waals surface area contributed by atoms with E-state index in [2.05, 4.69) is 20.8 Å². The molecule has 1 aromatic carbocycles. The lowest BCUT2D eigenvalue weighted by Crippen LogP contribution is -2.24. The SMILES string of the molecule is CCOc1ccccc1NC(=S)NN=Cc1cccnc1OC. The van der Waals surface area contributed by atoms with Crippen LogP contribution in [0.3, 0.4) is 0 Å². The molecule has 0 spiro atoms. The summed E-state index contributed by atoms with van der Waals surface area (Å²) in [5.41, 5.74) is 4.28. The van der Waals surface area contributed by atoms with E-state index in [1.807, 2.05) is 37.3 Å². The van der Waals surface area contributed by atoms with Crippen LogP contribution in [-0.2, 0) is 0 Å². The van der Waals surface area contributed by atoms with Crippen molar-refractivity contribution in [3.8, 4) is 11.6 Å². The fourth-order valence-corrected chi connectivity index (χ4v) is 2.00. The minimum atomic E-state index is 0.358. The van der Waals surface area contributed by atoms with Crippen LogP contribution < -0.4 is 20.2 Å². The van der Waals surface area contributed by atoms with Crippen LogP contribution in [0.2, 0.25) is 0 Å². The standard InChI is InChI=1S/C16H18N4O2S/c1-3-22-14-9-5-4-8-13(14)19-16(23)20-18-11-12-7-6-10-17-15(12)21-2/h4-11H,3H2,1-2H3,(H2,19,20,23). The van der Waals surface area contributed by atoms with Gasteiger partial charge in [0.1, 0.15) is 5.75 Å². The summed E-state index contributed by atoms with van der Waals surface area (Å²) in [6.07, 6.45) is 3.24. The fraction of sp³-hybridized carbons (Fsp3) is 0.188. The number of benzene rings is 1. The molecule has 23 heavy (non-hydrogen) atoms. The first kappa shape index (κ1) is 16.7. The van der Waals surface area contributed by atoms with E-state index in [1.165, 1.54) is 0 Å². The van der Waals surface area contributed by atoms with E-state index in [1.54, 1.807) is 25.6 Å². The zero-order valence-electron chi connectivity index (χ0n) is 12.9. The Kier molecular flexibility index (Phi) is 6.31. The molecule has 2 N–H and O–H groups in total. The zero-order chi connectivity index (χ0) is 16.5. The van der Waals surface area contributed by atoms with Gasteiger partial charge in [-0.05, 0) is 43.4 Å². The van der Waals surface area contributed by atoms with E-state index in [0.717, 1.165) is 17.0 Å². The molecule has 120 valence electrons. The Morgan fingerprint density at radius 2 is 2.13 bits per heavy atom. The van der Waals surface area contributed by atoms with Crippen molar-refractivity contribution in [1.29, 1.82) is 0 Å². The first-order valence-corrected chi connectivity index (χ1v) is 7.46. The topological polar surface area (TPSA) is 67.8 Å². The van der Waals surface area contributed by atoms with E-state index in [4.69, 9.17) is 21.7 Å². The number of nitrogens with zero attached hydrogens (tertiary/aromatic N) is 2. The molecule has 0 aliphatic rings. The minimum Gasteiger partial charge on any atom is -0.492 e. The van der Waals surface area contributed by atoms with Crippen LogP contribution in [0.25, 0.3) is 0 Å². The summed E-state index contributed by atoms with van der Waals surface area (Å²) >= 11 is 5.22. The van der Waals surface area contributed by atoms with Gasteiger partial charge in [0.05, 0.1) is 31.2 Å². The number of ether oxygens (including phenoxy) is 2. The lowest BCUT2D eigenvalue weighted by atomic mass is 10.3. The maximum atomic E-state index is 5.53. The Morgan fingerprint density at radius 3 is 2.91 bits per heavy atom. The molecule has 0 saturated carbocycles. The third-order valence-electron chi connectivity index (χ3n) is 2.80. The average molecular weight is 330 g/mol. The van der Waals surface area contributed by atoms with Gasteiger partial charge in [0.15, 0.2) is 5.11 Å². The number of nitrogens with one attached hydrogen (secondary N) is 2. The molecular weight excluding hydrogens is 312 g/mol. The minimum absolute atomic E-state index is 0.358. The molecule has 0 aliphatic heterocycles. The van der Waals surface area contributed by atoms with E-state index in [-0.39, 0.29) is 0 Å². The van der Waals surface area contributed by atoms with Gasteiger partial charge in [-0.1, -0.05) is 12.1 Å². The average Bonchev–Trinajstić information content (AvgIpc) is 2.57.